The van der Waals surface area contributed by atoms with Crippen LogP contribution in [0.4, 0.5) is 5.82 Å². The summed E-state index contributed by atoms with van der Waals surface area (Å²) in [6.07, 6.45) is 9.89. The first-order valence-electron chi connectivity index (χ1n) is 7.04. The van der Waals surface area contributed by atoms with Gasteiger partial charge in [0.15, 0.2) is 0 Å². The second kappa shape index (κ2) is 7.74. The molecule has 110 valence electrons. The van der Waals surface area contributed by atoms with Crippen molar-refractivity contribution in [2.45, 2.75) is 33.2 Å². The van der Waals surface area contributed by atoms with E-state index in [9.17, 15) is 0 Å². The van der Waals surface area contributed by atoms with E-state index in [0.717, 1.165) is 35.5 Å². The van der Waals surface area contributed by atoms with Gasteiger partial charge in [-0.3, -0.25) is 4.98 Å². The van der Waals surface area contributed by atoms with Gasteiger partial charge in [0.05, 0.1) is 5.69 Å². The van der Waals surface area contributed by atoms with Gasteiger partial charge in [-0.25, -0.2) is 9.97 Å². The molecule has 0 unspecified atom stereocenters. The molecule has 2 aromatic heterocycles. The Morgan fingerprint density at radius 3 is 2.71 bits per heavy atom. The van der Waals surface area contributed by atoms with E-state index < -0.39 is 0 Å². The minimum absolute atomic E-state index is 0.261. The first kappa shape index (κ1) is 15.4. The van der Waals surface area contributed by atoms with Gasteiger partial charge in [0.25, 0.3) is 0 Å². The third-order valence-electron chi connectivity index (χ3n) is 3.06. The fourth-order valence-electron chi connectivity index (χ4n) is 1.94. The Hall–Kier alpha value is -1.94. The lowest BCUT2D eigenvalue weighted by Gasteiger charge is -2.11. The molecular weight excluding hydrogens is 284 g/mol. The molecular formula is C16H19ClN4. The summed E-state index contributed by atoms with van der Waals surface area (Å²) in [6.45, 7) is 4.76. The van der Waals surface area contributed by atoms with Gasteiger partial charge in [-0.15, -0.1) is 0 Å². The number of aryl methyl sites for hydroxylation is 1. The lowest BCUT2D eigenvalue weighted by Crippen LogP contribution is -2.06. The molecule has 0 spiro atoms. The summed E-state index contributed by atoms with van der Waals surface area (Å²) < 4.78 is 0. The molecule has 0 aliphatic carbocycles. The predicted octanol–water partition coefficient (Wildman–Crippen LogP) is 4.26. The number of aromatic nitrogens is 3. The van der Waals surface area contributed by atoms with Crippen molar-refractivity contribution in [2.24, 2.45) is 0 Å². The summed E-state index contributed by atoms with van der Waals surface area (Å²) in [5.41, 5.74) is 3.00. The Morgan fingerprint density at radius 2 is 2.00 bits per heavy atom. The van der Waals surface area contributed by atoms with E-state index in [1.807, 2.05) is 19.1 Å². The molecule has 0 aliphatic heterocycles. The van der Waals surface area contributed by atoms with Crippen LogP contribution in [0.1, 0.15) is 36.6 Å². The smallest absolute Gasteiger partial charge is 0.224 e. The maximum Gasteiger partial charge on any atom is 0.224 e. The number of hydrogen-bond donors (Lipinski definition) is 1. The van der Waals surface area contributed by atoms with Crippen molar-refractivity contribution in [3.05, 3.63) is 52.7 Å². The molecule has 5 heteroatoms. The Labute approximate surface area is 130 Å². The molecule has 0 saturated carbocycles. The minimum Gasteiger partial charge on any atom is -0.365 e. The number of allylic oxidation sites excluding steroid dienone is 1. The summed E-state index contributed by atoms with van der Waals surface area (Å²) >= 11 is 5.97. The summed E-state index contributed by atoms with van der Waals surface area (Å²) in [7, 11) is 0. The van der Waals surface area contributed by atoms with Crippen molar-refractivity contribution in [3.8, 4) is 0 Å². The Bertz CT molecular complexity index is 611. The lowest BCUT2D eigenvalue weighted by atomic mass is 10.1. The van der Waals surface area contributed by atoms with E-state index in [4.69, 9.17) is 11.6 Å². The highest BCUT2D eigenvalue weighted by Crippen LogP contribution is 2.21. The third kappa shape index (κ3) is 4.53. The third-order valence-corrected chi connectivity index (χ3v) is 3.23. The highest BCUT2D eigenvalue weighted by atomic mass is 35.5. The van der Waals surface area contributed by atoms with Gasteiger partial charge in [0, 0.05) is 24.5 Å². The van der Waals surface area contributed by atoms with E-state index >= 15 is 0 Å². The normalized spacial score (nSPS) is 11.0. The second-order valence-electron chi connectivity index (χ2n) is 4.74. The van der Waals surface area contributed by atoms with Crippen molar-refractivity contribution < 1.29 is 0 Å². The van der Waals surface area contributed by atoms with Gasteiger partial charge in [-0.1, -0.05) is 25.5 Å². The van der Waals surface area contributed by atoms with Crippen molar-refractivity contribution in [1.29, 1.82) is 0 Å². The quantitative estimate of drug-likeness (QED) is 0.810. The fraction of sp³-hybridized carbons (Fsp3) is 0.312. The summed E-state index contributed by atoms with van der Waals surface area (Å²) in [4.78, 5) is 12.5. The monoisotopic (exact) mass is 302 g/mol. The van der Waals surface area contributed by atoms with Crippen LogP contribution >= 0.6 is 11.6 Å². The Balaban J connectivity index is 2.20. The number of rotatable bonds is 6. The minimum atomic E-state index is 0.261. The first-order chi connectivity index (χ1) is 10.2. The van der Waals surface area contributed by atoms with Crippen LogP contribution in [-0.2, 0) is 6.54 Å². The SMILES string of the molecule is CCC/C=C\c1c(C)nc(Cl)nc1NCc1ccncc1. The molecule has 4 nitrogen and oxygen atoms in total. The number of anilines is 1. The van der Waals surface area contributed by atoms with Crippen LogP contribution in [0.2, 0.25) is 5.28 Å². The van der Waals surface area contributed by atoms with Gasteiger partial charge >= 0.3 is 0 Å². The number of nitrogens with one attached hydrogen (secondary N) is 1. The molecule has 0 aromatic carbocycles. The van der Waals surface area contributed by atoms with Gasteiger partial charge in [0.2, 0.25) is 5.28 Å². The van der Waals surface area contributed by atoms with Crippen LogP contribution in [0.15, 0.2) is 30.6 Å². The zero-order chi connectivity index (χ0) is 15.1. The van der Waals surface area contributed by atoms with Crippen LogP contribution in [0, 0.1) is 6.92 Å². The highest BCUT2D eigenvalue weighted by Gasteiger charge is 2.08. The lowest BCUT2D eigenvalue weighted by molar-refractivity contribution is 0.961. The predicted molar refractivity (Wildman–Crippen MR) is 87.3 cm³/mol. The average Bonchev–Trinajstić information content (AvgIpc) is 2.48. The topological polar surface area (TPSA) is 50.7 Å². The highest BCUT2D eigenvalue weighted by molar-refractivity contribution is 6.28. The molecule has 0 amide bonds. The van der Waals surface area contributed by atoms with E-state index in [-0.39, 0.29) is 5.28 Å². The van der Waals surface area contributed by atoms with E-state index in [2.05, 4.69) is 39.3 Å². The van der Waals surface area contributed by atoms with Crippen LogP contribution in [0.5, 0.6) is 0 Å². The summed E-state index contributed by atoms with van der Waals surface area (Å²) in [5.74, 6) is 0.761. The molecule has 2 aromatic rings. The number of nitrogens with zero attached hydrogens (tertiary/aromatic N) is 3. The van der Waals surface area contributed by atoms with Crippen LogP contribution in [0.3, 0.4) is 0 Å². The standard InChI is InChI=1S/C16H19ClN4/c1-3-4-5-6-14-12(2)20-16(17)21-15(14)19-11-13-7-9-18-10-8-13/h5-10H,3-4,11H2,1-2H3,(H,19,20,21)/b6-5-. The van der Waals surface area contributed by atoms with Gasteiger partial charge in [-0.05, 0) is 42.6 Å². The molecule has 0 radical (unpaired) electrons. The number of unbranched alkanes of at least 4 members (excludes halogenated alkanes) is 1. The van der Waals surface area contributed by atoms with Crippen molar-refractivity contribution in [2.75, 3.05) is 5.32 Å². The maximum absolute atomic E-state index is 5.97. The Kier molecular flexibility index (Phi) is 5.69. The molecule has 0 saturated heterocycles. The van der Waals surface area contributed by atoms with Crippen LogP contribution in [0.25, 0.3) is 6.08 Å². The van der Waals surface area contributed by atoms with Gasteiger partial charge in [0.1, 0.15) is 5.82 Å². The molecule has 2 rings (SSSR count). The molecule has 2 heterocycles. The summed E-state index contributed by atoms with van der Waals surface area (Å²) in [6, 6.07) is 3.94. The van der Waals surface area contributed by atoms with E-state index in [1.165, 1.54) is 0 Å². The number of pyridine rings is 1. The molecule has 21 heavy (non-hydrogen) atoms. The van der Waals surface area contributed by atoms with Crippen molar-refractivity contribution in [1.82, 2.24) is 15.0 Å². The Morgan fingerprint density at radius 1 is 1.24 bits per heavy atom. The fourth-order valence-corrected chi connectivity index (χ4v) is 2.15. The van der Waals surface area contributed by atoms with Crippen LogP contribution in [-0.4, -0.2) is 15.0 Å². The van der Waals surface area contributed by atoms with Crippen LogP contribution < -0.4 is 5.32 Å². The molecule has 0 fully saturated rings. The maximum atomic E-state index is 5.97. The van der Waals surface area contributed by atoms with Crippen molar-refractivity contribution in [3.63, 3.8) is 0 Å². The average molecular weight is 303 g/mol. The zero-order valence-corrected chi connectivity index (χ0v) is 13.1. The second-order valence-corrected chi connectivity index (χ2v) is 5.08. The van der Waals surface area contributed by atoms with Gasteiger partial charge < -0.3 is 5.32 Å². The first-order valence-corrected chi connectivity index (χ1v) is 7.42. The molecule has 0 aliphatic rings. The molecule has 0 atom stereocenters. The van der Waals surface area contributed by atoms with E-state index in [0.29, 0.717) is 6.54 Å². The largest absolute Gasteiger partial charge is 0.365 e. The summed E-state index contributed by atoms with van der Waals surface area (Å²) in [5, 5.41) is 3.58. The zero-order valence-electron chi connectivity index (χ0n) is 12.3. The molecule has 0 bridgehead atoms. The van der Waals surface area contributed by atoms with E-state index in [1.54, 1.807) is 12.4 Å². The van der Waals surface area contributed by atoms with Crippen molar-refractivity contribution >= 4 is 23.5 Å². The van der Waals surface area contributed by atoms with Gasteiger partial charge in [-0.2, -0.15) is 0 Å². The number of halogens is 1. The number of hydrogen-bond acceptors (Lipinski definition) is 4. The molecule has 1 N–H and O–H groups in total.